The molecule has 3 heterocycles. The zero-order valence-electron chi connectivity index (χ0n) is 14.5. The molecule has 27 heavy (non-hydrogen) atoms. The molecule has 0 saturated heterocycles. The Bertz CT molecular complexity index is 1070. The lowest BCUT2D eigenvalue weighted by atomic mass is 10.2. The Labute approximate surface area is 151 Å². The number of aryl methyl sites for hydroxylation is 2. The predicted octanol–water partition coefficient (Wildman–Crippen LogP) is 3.16. The first kappa shape index (κ1) is 18.4. The van der Waals surface area contributed by atoms with Crippen LogP contribution in [0.5, 0.6) is 0 Å². The average Bonchev–Trinajstić information content (AvgIpc) is 3.17. The molecule has 0 radical (unpaired) electrons. The van der Waals surface area contributed by atoms with Gasteiger partial charge in [-0.05, 0) is 38.5 Å². The highest BCUT2D eigenvalue weighted by Gasteiger charge is 2.37. The van der Waals surface area contributed by atoms with Crippen LogP contribution in [0.2, 0.25) is 0 Å². The Balaban J connectivity index is 2.08. The number of furan rings is 1. The number of nitrogens with zero attached hydrogens (tertiary/aromatic N) is 4. The van der Waals surface area contributed by atoms with E-state index < -0.39 is 18.1 Å². The van der Waals surface area contributed by atoms with Gasteiger partial charge in [-0.15, -0.1) is 0 Å². The molecule has 0 bridgehead atoms. The summed E-state index contributed by atoms with van der Waals surface area (Å²) in [4.78, 5) is 16.3. The van der Waals surface area contributed by atoms with Gasteiger partial charge >= 0.3 is 6.18 Å². The fourth-order valence-corrected chi connectivity index (χ4v) is 2.53. The van der Waals surface area contributed by atoms with Crippen LogP contribution < -0.4 is 5.32 Å². The van der Waals surface area contributed by atoms with E-state index in [4.69, 9.17) is 4.42 Å². The van der Waals surface area contributed by atoms with Crippen molar-refractivity contribution in [2.24, 2.45) is 0 Å². The molecule has 0 fully saturated rings. The summed E-state index contributed by atoms with van der Waals surface area (Å²) < 4.78 is 44.8. The van der Waals surface area contributed by atoms with Gasteiger partial charge in [0.2, 0.25) is 0 Å². The Morgan fingerprint density at radius 2 is 2.07 bits per heavy atom. The van der Waals surface area contributed by atoms with E-state index in [1.807, 2.05) is 11.4 Å². The maximum atomic E-state index is 12.7. The highest BCUT2D eigenvalue weighted by molar-refractivity contribution is 5.93. The van der Waals surface area contributed by atoms with Crippen LogP contribution >= 0.6 is 0 Å². The van der Waals surface area contributed by atoms with E-state index >= 15 is 0 Å². The molecule has 0 aliphatic rings. The van der Waals surface area contributed by atoms with Crippen LogP contribution in [-0.2, 0) is 0 Å². The molecule has 1 amide bonds. The average molecular weight is 377 g/mol. The van der Waals surface area contributed by atoms with Crippen molar-refractivity contribution in [2.75, 3.05) is 0 Å². The number of rotatable bonds is 3. The number of halogens is 3. The molecule has 0 aliphatic heterocycles. The zero-order valence-corrected chi connectivity index (χ0v) is 14.5. The van der Waals surface area contributed by atoms with Gasteiger partial charge in [0.25, 0.3) is 5.91 Å². The highest BCUT2D eigenvalue weighted by Crippen LogP contribution is 2.27. The van der Waals surface area contributed by atoms with Crippen molar-refractivity contribution in [3.05, 3.63) is 40.9 Å². The number of nitrogens with one attached hydrogen (secondary N) is 1. The molecule has 0 saturated carbocycles. The first-order chi connectivity index (χ1) is 12.6. The number of hydrogen-bond donors (Lipinski definition) is 1. The van der Waals surface area contributed by atoms with Crippen molar-refractivity contribution in [3.63, 3.8) is 0 Å². The first-order valence-corrected chi connectivity index (χ1v) is 7.85. The molecule has 3 aromatic rings. The van der Waals surface area contributed by atoms with Crippen LogP contribution in [0, 0.1) is 25.2 Å². The standard InChI is InChI=1S/C17H14F3N5O2/c1-8-4-12(14-11(6-21)5-9(2)27-14)24-25-13(7-22-15(8)25)16(26)23-10(3)17(18,19)20/h4-5,7,10H,1-3H3,(H,23,26)/t10-/m1/s1. The van der Waals surface area contributed by atoms with E-state index in [1.54, 1.807) is 26.0 Å². The predicted molar refractivity (Wildman–Crippen MR) is 87.9 cm³/mol. The smallest absolute Gasteiger partial charge is 0.408 e. The minimum absolute atomic E-state index is 0.159. The van der Waals surface area contributed by atoms with Crippen LogP contribution in [0.4, 0.5) is 13.2 Å². The number of alkyl halides is 3. The summed E-state index contributed by atoms with van der Waals surface area (Å²) in [6.45, 7) is 4.22. The molecule has 0 aliphatic carbocycles. The molecule has 1 atom stereocenters. The van der Waals surface area contributed by atoms with Gasteiger partial charge in [0.1, 0.15) is 29.1 Å². The van der Waals surface area contributed by atoms with Gasteiger partial charge in [-0.2, -0.15) is 23.5 Å². The Morgan fingerprint density at radius 3 is 2.70 bits per heavy atom. The van der Waals surface area contributed by atoms with Gasteiger partial charge in [0.15, 0.2) is 17.1 Å². The Hall–Kier alpha value is -3.35. The van der Waals surface area contributed by atoms with Gasteiger partial charge < -0.3 is 9.73 Å². The number of aromatic nitrogens is 3. The normalized spacial score (nSPS) is 12.8. The summed E-state index contributed by atoms with van der Waals surface area (Å²) in [7, 11) is 0. The van der Waals surface area contributed by atoms with Crippen molar-refractivity contribution >= 4 is 11.6 Å². The topological polar surface area (TPSA) is 96.2 Å². The van der Waals surface area contributed by atoms with Gasteiger partial charge in [-0.3, -0.25) is 4.79 Å². The van der Waals surface area contributed by atoms with Crippen LogP contribution in [-0.4, -0.2) is 32.7 Å². The maximum absolute atomic E-state index is 12.7. The van der Waals surface area contributed by atoms with Crippen LogP contribution in [0.15, 0.2) is 22.7 Å². The Morgan fingerprint density at radius 1 is 1.37 bits per heavy atom. The summed E-state index contributed by atoms with van der Waals surface area (Å²) in [5.74, 6) is -0.250. The van der Waals surface area contributed by atoms with E-state index in [2.05, 4.69) is 10.1 Å². The fourth-order valence-electron chi connectivity index (χ4n) is 2.53. The summed E-state index contributed by atoms with van der Waals surface area (Å²) in [6, 6.07) is 3.13. The summed E-state index contributed by atoms with van der Waals surface area (Å²) in [5, 5.41) is 15.4. The fraction of sp³-hybridized carbons (Fsp3) is 0.294. The van der Waals surface area contributed by atoms with Gasteiger partial charge in [-0.25, -0.2) is 9.50 Å². The minimum Gasteiger partial charge on any atom is -0.458 e. The van der Waals surface area contributed by atoms with Crippen molar-refractivity contribution in [3.8, 4) is 17.5 Å². The second kappa shape index (κ2) is 6.42. The van der Waals surface area contributed by atoms with E-state index in [-0.39, 0.29) is 22.7 Å². The number of amides is 1. The monoisotopic (exact) mass is 377 g/mol. The molecule has 7 nitrogen and oxygen atoms in total. The van der Waals surface area contributed by atoms with Crippen molar-refractivity contribution < 1.29 is 22.4 Å². The molecular formula is C17H14F3N5O2. The largest absolute Gasteiger partial charge is 0.458 e. The third-order valence-electron chi connectivity index (χ3n) is 3.93. The van der Waals surface area contributed by atoms with E-state index in [9.17, 15) is 23.2 Å². The third-order valence-corrected chi connectivity index (χ3v) is 3.93. The van der Waals surface area contributed by atoms with Gasteiger partial charge in [0, 0.05) is 0 Å². The number of hydrogen-bond acceptors (Lipinski definition) is 5. The van der Waals surface area contributed by atoms with Crippen molar-refractivity contribution in [1.82, 2.24) is 19.9 Å². The summed E-state index contributed by atoms with van der Waals surface area (Å²) in [6.07, 6.45) is -3.42. The maximum Gasteiger partial charge on any atom is 0.408 e. The summed E-state index contributed by atoms with van der Waals surface area (Å²) in [5.41, 5.74) is 1.29. The molecular weight excluding hydrogens is 363 g/mol. The van der Waals surface area contributed by atoms with Gasteiger partial charge in [-0.1, -0.05) is 0 Å². The molecule has 140 valence electrons. The molecule has 10 heteroatoms. The quantitative estimate of drug-likeness (QED) is 0.756. The van der Waals surface area contributed by atoms with Crippen molar-refractivity contribution in [1.29, 1.82) is 5.26 Å². The van der Waals surface area contributed by atoms with E-state index in [1.165, 1.54) is 0 Å². The SMILES string of the molecule is Cc1cc(C#N)c(-c2cc(C)c3ncc(C(=O)N[C@H](C)C(F)(F)F)n3n2)o1. The number of fused-ring (bicyclic) bond motifs is 1. The lowest BCUT2D eigenvalue weighted by Gasteiger charge is -2.16. The molecule has 0 aromatic carbocycles. The molecule has 0 unspecified atom stereocenters. The number of imidazole rings is 1. The zero-order chi connectivity index (χ0) is 19.9. The van der Waals surface area contributed by atoms with E-state index in [0.29, 0.717) is 17.0 Å². The third kappa shape index (κ3) is 3.36. The second-order valence-corrected chi connectivity index (χ2v) is 6.04. The molecule has 3 aromatic heterocycles. The summed E-state index contributed by atoms with van der Waals surface area (Å²) >= 11 is 0. The first-order valence-electron chi connectivity index (χ1n) is 7.85. The van der Waals surface area contributed by atoms with Crippen LogP contribution in [0.25, 0.3) is 17.1 Å². The lowest BCUT2D eigenvalue weighted by molar-refractivity contribution is -0.149. The van der Waals surface area contributed by atoms with Crippen molar-refractivity contribution in [2.45, 2.75) is 33.0 Å². The van der Waals surface area contributed by atoms with Crippen LogP contribution in [0.1, 0.15) is 34.3 Å². The number of carbonyl (C=O) groups is 1. The van der Waals surface area contributed by atoms with E-state index in [0.717, 1.165) is 17.6 Å². The highest BCUT2D eigenvalue weighted by atomic mass is 19.4. The second-order valence-electron chi connectivity index (χ2n) is 6.04. The Kier molecular flexibility index (Phi) is 4.39. The lowest BCUT2D eigenvalue weighted by Crippen LogP contribution is -2.43. The molecule has 1 N–H and O–H groups in total. The molecule has 0 spiro atoms. The minimum atomic E-state index is -4.57. The molecule has 3 rings (SSSR count). The number of carbonyl (C=O) groups excluding carboxylic acids is 1. The van der Waals surface area contributed by atoms with Gasteiger partial charge in [0.05, 0.1) is 6.20 Å². The number of nitriles is 1. The van der Waals surface area contributed by atoms with Crippen LogP contribution in [0.3, 0.4) is 0 Å².